The molecule has 48 heavy (non-hydrogen) atoms. The van der Waals surface area contributed by atoms with Crippen molar-refractivity contribution in [1.82, 2.24) is 19.6 Å². The summed E-state index contributed by atoms with van der Waals surface area (Å²) >= 11 is 0. The number of amides is 6. The van der Waals surface area contributed by atoms with Gasteiger partial charge in [-0.1, -0.05) is 121 Å². The summed E-state index contributed by atoms with van der Waals surface area (Å²) in [5.41, 5.74) is 3.41. The van der Waals surface area contributed by atoms with E-state index in [2.05, 4.69) is 0 Å². The topological polar surface area (TPSA) is 81.2 Å². The van der Waals surface area contributed by atoms with Crippen LogP contribution < -0.4 is 0 Å². The number of carbonyl (C=O) groups excluding carboxylic acids is 4. The van der Waals surface area contributed by atoms with Crippen LogP contribution in [0, 0.1) is 11.8 Å². The van der Waals surface area contributed by atoms with Crippen molar-refractivity contribution in [3.63, 3.8) is 0 Å². The van der Waals surface area contributed by atoms with Crippen LogP contribution in [0.5, 0.6) is 0 Å². The summed E-state index contributed by atoms with van der Waals surface area (Å²) in [7, 11) is 3.42. The summed E-state index contributed by atoms with van der Waals surface area (Å²) < 4.78 is 0. The molecule has 0 radical (unpaired) electrons. The van der Waals surface area contributed by atoms with Crippen molar-refractivity contribution >= 4 is 23.9 Å². The molecular formula is C40H42N4O4. The van der Waals surface area contributed by atoms with Crippen LogP contribution in [0.1, 0.15) is 48.2 Å². The molecule has 8 heteroatoms. The van der Waals surface area contributed by atoms with E-state index in [1.165, 1.54) is 9.80 Å². The van der Waals surface area contributed by atoms with E-state index in [4.69, 9.17) is 0 Å². The second-order valence-electron chi connectivity index (χ2n) is 13.0. The van der Waals surface area contributed by atoms with Gasteiger partial charge in [0.25, 0.3) is 0 Å². The van der Waals surface area contributed by atoms with Crippen molar-refractivity contribution in [2.75, 3.05) is 14.1 Å². The lowest BCUT2D eigenvalue weighted by Gasteiger charge is -2.34. The van der Waals surface area contributed by atoms with Crippen molar-refractivity contribution in [2.45, 2.75) is 50.9 Å². The Morgan fingerprint density at radius 1 is 0.521 bits per heavy atom. The summed E-state index contributed by atoms with van der Waals surface area (Å²) in [6, 6.07) is 35.8. The molecule has 0 saturated carbocycles. The zero-order chi connectivity index (χ0) is 33.9. The Hall–Kier alpha value is -5.24. The predicted octanol–water partition coefficient (Wildman–Crippen LogP) is 6.75. The van der Waals surface area contributed by atoms with Crippen molar-refractivity contribution in [3.8, 4) is 0 Å². The third-order valence-corrected chi connectivity index (χ3v) is 10.2. The van der Waals surface area contributed by atoms with Gasteiger partial charge >= 0.3 is 12.1 Å². The van der Waals surface area contributed by atoms with Gasteiger partial charge in [-0.15, -0.1) is 0 Å². The molecular weight excluding hydrogens is 600 g/mol. The lowest BCUT2D eigenvalue weighted by atomic mass is 9.80. The van der Waals surface area contributed by atoms with Gasteiger partial charge in [0.15, 0.2) is 0 Å². The van der Waals surface area contributed by atoms with Crippen LogP contribution in [0.25, 0.3) is 0 Å². The second kappa shape index (κ2) is 13.9. The van der Waals surface area contributed by atoms with Gasteiger partial charge in [-0.2, -0.15) is 0 Å². The molecule has 4 aromatic carbocycles. The summed E-state index contributed by atoms with van der Waals surface area (Å²) in [6.07, 6.45) is 0.436. The normalized spacial score (nSPS) is 22.2. The third kappa shape index (κ3) is 6.10. The molecule has 2 saturated heterocycles. The molecule has 2 aliphatic heterocycles. The highest BCUT2D eigenvalue weighted by Crippen LogP contribution is 2.41. The molecule has 2 heterocycles. The van der Waals surface area contributed by atoms with Gasteiger partial charge in [-0.05, 0) is 48.9 Å². The number of carbonyl (C=O) groups is 4. The maximum Gasteiger partial charge on any atom is 0.327 e. The number of rotatable bonds is 9. The van der Waals surface area contributed by atoms with Crippen molar-refractivity contribution in [3.05, 3.63) is 144 Å². The molecule has 2 fully saturated rings. The monoisotopic (exact) mass is 642 g/mol. The molecule has 0 bridgehead atoms. The number of imide groups is 2. The molecule has 0 N–H and O–H groups in total. The molecule has 0 aromatic heterocycles. The van der Waals surface area contributed by atoms with Crippen molar-refractivity contribution in [2.24, 2.45) is 11.8 Å². The van der Waals surface area contributed by atoms with Gasteiger partial charge in [-0.25, -0.2) is 9.59 Å². The van der Waals surface area contributed by atoms with Gasteiger partial charge < -0.3 is 9.80 Å². The van der Waals surface area contributed by atoms with Crippen LogP contribution in [0.2, 0.25) is 0 Å². The Morgan fingerprint density at radius 3 is 1.12 bits per heavy atom. The van der Waals surface area contributed by atoms with Crippen LogP contribution in [-0.4, -0.2) is 69.7 Å². The molecule has 4 aromatic rings. The molecule has 2 aliphatic rings. The van der Waals surface area contributed by atoms with E-state index in [0.29, 0.717) is 0 Å². The maximum absolute atomic E-state index is 15.2. The van der Waals surface area contributed by atoms with Gasteiger partial charge in [0.05, 0.1) is 36.0 Å². The molecule has 0 aliphatic carbocycles. The number of urea groups is 2. The Morgan fingerprint density at radius 2 is 0.812 bits per heavy atom. The standard InChI is InChI=1S/C40H42N4O4/c1-27-35(31-21-13-7-14-22-31)43(39(47)41(27)3)37(45)33(25-29-17-9-5-10-18-29)34(26-30-19-11-6-12-20-30)38(46)44-36(28(2)42(4)40(44)48)32-23-15-8-16-24-32/h5-24,27-28,33-36H,25-26H2,1-4H3/t27-,28-,33-,34-,35-,36-/m1/s1. The third-order valence-electron chi connectivity index (χ3n) is 10.2. The SMILES string of the molecule is C[C@@H]1[C@H](c2ccccc2)N(C(=O)[C@H](Cc2ccccc2)[C@@H](Cc2ccccc2)C(=O)N2C(=O)N(C)[C@H](C)[C@@H]2c2ccccc2)C(=O)N1C. The first-order valence-corrected chi connectivity index (χ1v) is 16.6. The molecule has 6 amide bonds. The van der Waals surface area contributed by atoms with Crippen LogP contribution in [0.3, 0.4) is 0 Å². The highest BCUT2D eigenvalue weighted by molar-refractivity contribution is 6.03. The first kappa shape index (κ1) is 32.7. The van der Waals surface area contributed by atoms with Crippen LogP contribution >= 0.6 is 0 Å². The average molecular weight is 643 g/mol. The van der Waals surface area contributed by atoms with E-state index in [1.807, 2.05) is 135 Å². The molecule has 6 atom stereocenters. The van der Waals surface area contributed by atoms with Crippen molar-refractivity contribution in [1.29, 1.82) is 0 Å². The Kier molecular flexibility index (Phi) is 9.44. The summed E-state index contributed by atoms with van der Waals surface area (Å²) in [6.45, 7) is 3.87. The zero-order valence-electron chi connectivity index (χ0n) is 27.8. The summed E-state index contributed by atoms with van der Waals surface area (Å²) in [5.74, 6) is -2.74. The minimum Gasteiger partial charge on any atom is -0.322 e. The minimum absolute atomic E-state index is 0.218. The van der Waals surface area contributed by atoms with E-state index in [1.54, 1.807) is 23.9 Å². The fraction of sp³-hybridized carbons (Fsp3) is 0.300. The Balaban J connectivity index is 1.49. The Labute approximate surface area is 282 Å². The average Bonchev–Trinajstić information content (AvgIpc) is 3.49. The highest BCUT2D eigenvalue weighted by Gasteiger charge is 2.52. The fourth-order valence-corrected chi connectivity index (χ4v) is 7.30. The fourth-order valence-electron chi connectivity index (χ4n) is 7.30. The number of hydrogen-bond donors (Lipinski definition) is 0. The van der Waals surface area contributed by atoms with E-state index in [-0.39, 0.29) is 24.9 Å². The number of nitrogens with zero attached hydrogens (tertiary/aromatic N) is 4. The van der Waals surface area contributed by atoms with E-state index in [9.17, 15) is 9.59 Å². The van der Waals surface area contributed by atoms with E-state index < -0.39 is 47.8 Å². The first-order valence-electron chi connectivity index (χ1n) is 16.6. The summed E-state index contributed by atoms with van der Waals surface area (Å²) in [4.78, 5) is 64.1. The minimum atomic E-state index is -0.945. The quantitative estimate of drug-likeness (QED) is 0.202. The number of benzene rings is 4. The van der Waals surface area contributed by atoms with E-state index >= 15 is 9.59 Å². The summed E-state index contributed by atoms with van der Waals surface area (Å²) in [5, 5.41) is 0. The lowest BCUT2D eigenvalue weighted by molar-refractivity contribution is -0.144. The largest absolute Gasteiger partial charge is 0.327 e. The molecule has 0 spiro atoms. The van der Waals surface area contributed by atoms with E-state index in [0.717, 1.165) is 22.3 Å². The van der Waals surface area contributed by atoms with Gasteiger partial charge in [0.2, 0.25) is 11.8 Å². The smallest absolute Gasteiger partial charge is 0.322 e. The first-order chi connectivity index (χ1) is 23.2. The number of likely N-dealkylation sites (N-methyl/N-ethyl adjacent to an activating group) is 2. The Bertz CT molecular complexity index is 1620. The van der Waals surface area contributed by atoms with Crippen molar-refractivity contribution < 1.29 is 19.2 Å². The lowest BCUT2D eigenvalue weighted by Crippen LogP contribution is -2.49. The zero-order valence-corrected chi connectivity index (χ0v) is 27.8. The van der Waals surface area contributed by atoms with Crippen LogP contribution in [-0.2, 0) is 22.4 Å². The van der Waals surface area contributed by atoms with Gasteiger partial charge in [-0.3, -0.25) is 19.4 Å². The van der Waals surface area contributed by atoms with Crippen LogP contribution in [0.4, 0.5) is 9.59 Å². The number of hydrogen-bond acceptors (Lipinski definition) is 4. The second-order valence-corrected chi connectivity index (χ2v) is 13.0. The maximum atomic E-state index is 15.2. The molecule has 0 unspecified atom stereocenters. The predicted molar refractivity (Wildman–Crippen MR) is 185 cm³/mol. The van der Waals surface area contributed by atoms with Gasteiger partial charge in [0.1, 0.15) is 0 Å². The molecule has 6 rings (SSSR count). The molecule has 8 nitrogen and oxygen atoms in total. The highest BCUT2D eigenvalue weighted by atomic mass is 16.2. The van der Waals surface area contributed by atoms with Crippen LogP contribution in [0.15, 0.2) is 121 Å². The van der Waals surface area contributed by atoms with Gasteiger partial charge in [0, 0.05) is 14.1 Å². The molecule has 246 valence electrons.